The van der Waals surface area contributed by atoms with Crippen molar-refractivity contribution in [3.05, 3.63) is 73.2 Å². The van der Waals surface area contributed by atoms with E-state index in [2.05, 4.69) is 27.4 Å². The first-order chi connectivity index (χ1) is 15.4. The molecule has 1 aromatic carbocycles. The highest BCUT2D eigenvalue weighted by Crippen LogP contribution is 2.24. The highest BCUT2D eigenvalue weighted by Gasteiger charge is 2.22. The molecule has 2 aromatic heterocycles. The third-order valence-corrected chi connectivity index (χ3v) is 6.78. The molecule has 1 fully saturated rings. The molecule has 9 heteroatoms. The number of carbonyl (C=O) groups excluding carboxylic acids is 1. The Morgan fingerprint density at radius 1 is 1.12 bits per heavy atom. The molecule has 0 unspecified atom stereocenters. The second-order valence-corrected chi connectivity index (χ2v) is 9.15. The smallest absolute Gasteiger partial charge is 0.312 e. The van der Waals surface area contributed by atoms with Gasteiger partial charge in [0.2, 0.25) is 0 Å². The fraction of sp³-hybridized carbons (Fsp3) is 0.391. The van der Waals surface area contributed by atoms with Gasteiger partial charge in [-0.15, -0.1) is 11.3 Å². The largest absolute Gasteiger partial charge is 0.321 e. The number of piperidine rings is 1. The van der Waals surface area contributed by atoms with Crippen molar-refractivity contribution < 1.29 is 9.72 Å². The predicted molar refractivity (Wildman–Crippen MR) is 125 cm³/mol. The topological polar surface area (TPSA) is 93.3 Å². The molecule has 0 bridgehead atoms. The normalized spacial score (nSPS) is 14.4. The molecule has 32 heavy (non-hydrogen) atoms. The molecule has 0 atom stereocenters. The Hall–Kier alpha value is -3.04. The number of hydrogen-bond acceptors (Lipinski definition) is 6. The van der Waals surface area contributed by atoms with Gasteiger partial charge in [-0.2, -0.15) is 5.10 Å². The SMILES string of the molecule is Cc1nn(Cc2csc(C(=O)Nc3ccc(CN4CCCCC4)cc3)c2)c(C)c1[N+](=O)[O-]. The van der Waals surface area contributed by atoms with Crippen molar-refractivity contribution in [1.29, 1.82) is 0 Å². The summed E-state index contributed by atoms with van der Waals surface area (Å²) < 4.78 is 1.61. The monoisotopic (exact) mass is 453 g/mol. The van der Waals surface area contributed by atoms with Crippen molar-refractivity contribution in [2.75, 3.05) is 18.4 Å². The zero-order valence-electron chi connectivity index (χ0n) is 18.3. The fourth-order valence-electron chi connectivity index (χ4n) is 4.12. The Kier molecular flexibility index (Phi) is 6.66. The molecule has 8 nitrogen and oxygen atoms in total. The van der Waals surface area contributed by atoms with E-state index in [0.717, 1.165) is 30.9 Å². The van der Waals surface area contributed by atoms with Crippen LogP contribution in [-0.2, 0) is 13.1 Å². The zero-order valence-corrected chi connectivity index (χ0v) is 19.2. The van der Waals surface area contributed by atoms with Gasteiger partial charge in [0.15, 0.2) is 0 Å². The molecular weight excluding hydrogens is 426 g/mol. The lowest BCUT2D eigenvalue weighted by atomic mass is 10.1. The molecule has 1 aliphatic heterocycles. The van der Waals surface area contributed by atoms with Crippen molar-refractivity contribution >= 4 is 28.6 Å². The van der Waals surface area contributed by atoms with Crippen LogP contribution < -0.4 is 5.32 Å². The number of nitro groups is 1. The fourth-order valence-corrected chi connectivity index (χ4v) is 4.92. The van der Waals surface area contributed by atoms with Crippen molar-refractivity contribution in [3.63, 3.8) is 0 Å². The van der Waals surface area contributed by atoms with Crippen LogP contribution in [0.3, 0.4) is 0 Å². The maximum Gasteiger partial charge on any atom is 0.312 e. The summed E-state index contributed by atoms with van der Waals surface area (Å²) in [5.41, 5.74) is 3.85. The van der Waals surface area contributed by atoms with Gasteiger partial charge in [0.25, 0.3) is 5.91 Å². The minimum atomic E-state index is -0.404. The molecular formula is C23H27N5O3S. The average molecular weight is 454 g/mol. The molecule has 1 amide bonds. The average Bonchev–Trinajstić information content (AvgIpc) is 3.34. The van der Waals surface area contributed by atoms with Crippen LogP contribution in [0.4, 0.5) is 11.4 Å². The summed E-state index contributed by atoms with van der Waals surface area (Å²) in [4.78, 5) is 26.5. The maximum absolute atomic E-state index is 12.7. The predicted octanol–water partition coefficient (Wildman–Crippen LogP) is 4.76. The number of nitrogens with zero attached hydrogens (tertiary/aromatic N) is 4. The summed E-state index contributed by atoms with van der Waals surface area (Å²) >= 11 is 1.35. The number of thiophene rings is 1. The number of anilines is 1. The number of rotatable bonds is 7. The van der Waals surface area contributed by atoms with Crippen molar-refractivity contribution in [2.24, 2.45) is 0 Å². The maximum atomic E-state index is 12.7. The number of nitrogens with one attached hydrogen (secondary N) is 1. The quantitative estimate of drug-likeness (QED) is 0.411. The Bertz CT molecular complexity index is 1110. The van der Waals surface area contributed by atoms with E-state index in [0.29, 0.717) is 22.8 Å². The van der Waals surface area contributed by atoms with Crippen LogP contribution >= 0.6 is 11.3 Å². The Morgan fingerprint density at radius 3 is 2.50 bits per heavy atom. The van der Waals surface area contributed by atoms with Crippen molar-refractivity contribution in [2.45, 2.75) is 46.2 Å². The third kappa shape index (κ3) is 5.05. The molecule has 0 aliphatic carbocycles. The molecule has 168 valence electrons. The van der Waals surface area contributed by atoms with Crippen LogP contribution in [0.2, 0.25) is 0 Å². The number of hydrogen-bond donors (Lipinski definition) is 1. The molecule has 3 aromatic rings. The molecule has 0 radical (unpaired) electrons. The highest BCUT2D eigenvalue weighted by atomic mass is 32.1. The van der Waals surface area contributed by atoms with Gasteiger partial charge >= 0.3 is 5.69 Å². The second kappa shape index (κ2) is 9.62. The van der Waals surface area contributed by atoms with Gasteiger partial charge in [-0.1, -0.05) is 18.6 Å². The second-order valence-electron chi connectivity index (χ2n) is 8.24. The lowest BCUT2D eigenvalue weighted by Gasteiger charge is -2.26. The number of benzene rings is 1. The van der Waals surface area contributed by atoms with E-state index in [4.69, 9.17) is 0 Å². The minimum absolute atomic E-state index is 0.0435. The number of aromatic nitrogens is 2. The van der Waals surface area contributed by atoms with Crippen LogP contribution in [-0.4, -0.2) is 38.6 Å². The van der Waals surface area contributed by atoms with E-state index in [1.165, 1.54) is 36.2 Å². The molecule has 1 saturated heterocycles. The van der Waals surface area contributed by atoms with Gasteiger partial charge in [-0.3, -0.25) is 24.5 Å². The minimum Gasteiger partial charge on any atom is -0.321 e. The summed E-state index contributed by atoms with van der Waals surface area (Å²) in [5.74, 6) is -0.163. The van der Waals surface area contributed by atoms with E-state index in [1.807, 2.05) is 23.6 Å². The summed E-state index contributed by atoms with van der Waals surface area (Å²) in [5, 5.41) is 20.3. The Balaban J connectivity index is 1.36. The summed E-state index contributed by atoms with van der Waals surface area (Å²) in [6.45, 7) is 6.97. The number of aryl methyl sites for hydroxylation is 1. The standard InChI is InChI=1S/C23H27N5O3S/c1-16-22(28(30)31)17(2)27(25-16)14-19-12-21(32-15-19)23(29)24-20-8-6-18(7-9-20)13-26-10-4-3-5-11-26/h6-9,12,15H,3-5,10-11,13-14H2,1-2H3,(H,24,29). The van der Waals surface area contributed by atoms with E-state index in [-0.39, 0.29) is 11.6 Å². The van der Waals surface area contributed by atoms with Crippen LogP contribution in [0.5, 0.6) is 0 Å². The van der Waals surface area contributed by atoms with E-state index in [9.17, 15) is 14.9 Å². The Labute approximate surface area is 191 Å². The van der Waals surface area contributed by atoms with E-state index >= 15 is 0 Å². The van der Waals surface area contributed by atoms with Gasteiger partial charge in [0.05, 0.1) is 16.3 Å². The highest BCUT2D eigenvalue weighted by molar-refractivity contribution is 7.12. The van der Waals surface area contributed by atoms with Crippen LogP contribution in [0.1, 0.15) is 51.4 Å². The van der Waals surface area contributed by atoms with E-state index < -0.39 is 4.92 Å². The third-order valence-electron chi connectivity index (χ3n) is 5.80. The first kappa shape index (κ1) is 22.2. The van der Waals surface area contributed by atoms with Gasteiger partial charge in [0, 0.05) is 12.2 Å². The van der Waals surface area contributed by atoms with E-state index in [1.54, 1.807) is 18.5 Å². The lowest BCUT2D eigenvalue weighted by molar-refractivity contribution is -0.386. The molecule has 3 heterocycles. The lowest BCUT2D eigenvalue weighted by Crippen LogP contribution is -2.29. The Morgan fingerprint density at radius 2 is 1.84 bits per heavy atom. The van der Waals surface area contributed by atoms with Crippen LogP contribution in [0, 0.1) is 24.0 Å². The molecule has 1 N–H and O–H groups in total. The number of carbonyl (C=O) groups is 1. The first-order valence-electron chi connectivity index (χ1n) is 10.8. The zero-order chi connectivity index (χ0) is 22.7. The molecule has 0 spiro atoms. The summed E-state index contributed by atoms with van der Waals surface area (Å²) in [7, 11) is 0. The van der Waals surface area contributed by atoms with Gasteiger partial charge in [0.1, 0.15) is 11.4 Å². The molecule has 0 saturated carbocycles. The van der Waals surface area contributed by atoms with Gasteiger partial charge in [-0.05, 0) is 74.5 Å². The van der Waals surface area contributed by atoms with Gasteiger partial charge in [-0.25, -0.2) is 0 Å². The van der Waals surface area contributed by atoms with Gasteiger partial charge < -0.3 is 5.32 Å². The van der Waals surface area contributed by atoms with Crippen LogP contribution in [0.25, 0.3) is 0 Å². The molecule has 1 aliphatic rings. The first-order valence-corrected chi connectivity index (χ1v) is 11.7. The van der Waals surface area contributed by atoms with Crippen molar-refractivity contribution in [3.8, 4) is 0 Å². The number of amides is 1. The molecule has 4 rings (SSSR count). The van der Waals surface area contributed by atoms with Crippen LogP contribution in [0.15, 0.2) is 35.7 Å². The summed E-state index contributed by atoms with van der Waals surface area (Å²) in [6, 6.07) is 9.84. The number of likely N-dealkylation sites (tertiary alicyclic amines) is 1. The van der Waals surface area contributed by atoms with Crippen molar-refractivity contribution in [1.82, 2.24) is 14.7 Å². The summed E-state index contributed by atoms with van der Waals surface area (Å²) in [6.07, 6.45) is 3.87.